The van der Waals surface area contributed by atoms with E-state index in [0.29, 0.717) is 34.9 Å². The molecule has 0 saturated heterocycles. The second kappa shape index (κ2) is 22.0. The van der Waals surface area contributed by atoms with E-state index in [0.717, 1.165) is 117 Å². The normalized spacial score (nSPS) is 15.2. The van der Waals surface area contributed by atoms with Gasteiger partial charge < -0.3 is 9.80 Å². The Morgan fingerprint density at radius 3 is 1.18 bits per heavy atom. The minimum Gasteiger partial charge on any atom is -0.308 e. The van der Waals surface area contributed by atoms with Gasteiger partial charge in [-0.3, -0.25) is 0 Å². The Kier molecular flexibility index (Phi) is 13.9. The number of rotatable bonds is 13. The van der Waals surface area contributed by atoms with E-state index < -0.39 is 45.6 Å². The van der Waals surface area contributed by atoms with E-state index in [1.807, 2.05) is 89.8 Å². The van der Waals surface area contributed by atoms with E-state index >= 15 is 13.2 Å². The summed E-state index contributed by atoms with van der Waals surface area (Å²) >= 11 is 0. The van der Waals surface area contributed by atoms with Crippen LogP contribution in [0.15, 0.2) is 262 Å². The van der Waals surface area contributed by atoms with Crippen molar-refractivity contribution in [3.63, 3.8) is 0 Å². The third-order valence-electron chi connectivity index (χ3n) is 18.3. The second-order valence-corrected chi connectivity index (χ2v) is 23.4. The summed E-state index contributed by atoms with van der Waals surface area (Å²) in [7, 11) is 0. The van der Waals surface area contributed by atoms with Gasteiger partial charge >= 0.3 is 0 Å². The highest BCUT2D eigenvalue weighted by atomic mass is 19.2. The maximum Gasteiger partial charge on any atom is 0.153 e. The first-order chi connectivity index (χ1) is 43.2. The fourth-order valence-electron chi connectivity index (χ4n) is 14.2. The number of fused-ring (bicyclic) bond motifs is 6. The fraction of sp³-hybridized carbons (Fsp3) is 0.0732. The SMILES string of the molecule is C=Cc1ccc(C2(c3cc(C)ccc3C)c3ccccc3-c3ccc(N(c4ccc(-c5ccc(N(c6ccc7c(c6)C(c6ccc(C=C)cc6)(c6cc(C)ccc6C)c6ccccc6-7)c6c(F)cc(F)cc6F)cc5)cc4)c4ccc(F)cc4F)cc32)cc1. The van der Waals surface area contributed by atoms with Gasteiger partial charge in [-0.05, 0) is 189 Å². The molecule has 89 heavy (non-hydrogen) atoms. The van der Waals surface area contributed by atoms with Crippen molar-refractivity contribution in [1.29, 1.82) is 0 Å². The van der Waals surface area contributed by atoms with E-state index in [4.69, 9.17) is 0 Å². The molecular formula is C82H59F5N2. The van der Waals surface area contributed by atoms with Crippen LogP contribution in [0.1, 0.15) is 77.9 Å². The van der Waals surface area contributed by atoms with Gasteiger partial charge in [0.15, 0.2) is 11.6 Å². The predicted molar refractivity (Wildman–Crippen MR) is 355 cm³/mol. The predicted octanol–water partition coefficient (Wildman–Crippen LogP) is 22.2. The zero-order valence-corrected chi connectivity index (χ0v) is 49.5. The van der Waals surface area contributed by atoms with Gasteiger partial charge in [0.2, 0.25) is 0 Å². The topological polar surface area (TPSA) is 6.48 Å². The van der Waals surface area contributed by atoms with E-state index in [-0.39, 0.29) is 5.69 Å². The van der Waals surface area contributed by atoms with E-state index in [1.54, 1.807) is 12.1 Å². The highest BCUT2D eigenvalue weighted by Crippen LogP contribution is 2.60. The number of benzene rings is 12. The maximum atomic E-state index is 16.6. The average Bonchev–Trinajstić information content (AvgIpc) is 1.58. The maximum absolute atomic E-state index is 16.6. The molecule has 2 atom stereocenters. The van der Waals surface area contributed by atoms with Crippen molar-refractivity contribution in [3.8, 4) is 33.4 Å². The number of nitrogens with zero attached hydrogens (tertiary/aromatic N) is 2. The number of halogens is 5. The number of hydrogen-bond donors (Lipinski definition) is 0. The Balaban J connectivity index is 0.890. The van der Waals surface area contributed by atoms with Gasteiger partial charge in [0, 0.05) is 40.9 Å². The fourth-order valence-corrected chi connectivity index (χ4v) is 14.2. The summed E-state index contributed by atoms with van der Waals surface area (Å²) in [6.07, 6.45) is 3.65. The van der Waals surface area contributed by atoms with Crippen LogP contribution in [0.3, 0.4) is 0 Å². The van der Waals surface area contributed by atoms with Crippen LogP contribution < -0.4 is 9.80 Å². The molecule has 0 spiro atoms. The van der Waals surface area contributed by atoms with Crippen LogP contribution in [0.2, 0.25) is 0 Å². The van der Waals surface area contributed by atoms with Gasteiger partial charge in [-0.1, -0.05) is 206 Å². The molecular weight excluding hydrogens is 1110 g/mol. The number of anilines is 6. The van der Waals surface area contributed by atoms with Gasteiger partial charge in [-0.2, -0.15) is 0 Å². The van der Waals surface area contributed by atoms with Crippen molar-refractivity contribution in [2.45, 2.75) is 38.5 Å². The first-order valence-corrected chi connectivity index (χ1v) is 29.7. The largest absolute Gasteiger partial charge is 0.308 e. The van der Waals surface area contributed by atoms with Crippen molar-refractivity contribution in [1.82, 2.24) is 0 Å². The summed E-state index contributed by atoms with van der Waals surface area (Å²) in [6.45, 7) is 16.5. The third-order valence-corrected chi connectivity index (χ3v) is 18.3. The van der Waals surface area contributed by atoms with Gasteiger partial charge in [-0.25, -0.2) is 22.0 Å². The lowest BCUT2D eigenvalue weighted by Gasteiger charge is -2.36. The Morgan fingerprint density at radius 2 is 0.730 bits per heavy atom. The van der Waals surface area contributed by atoms with Crippen LogP contribution in [0.5, 0.6) is 0 Å². The summed E-state index contributed by atoms with van der Waals surface area (Å²) in [6, 6.07) is 79.0. The summed E-state index contributed by atoms with van der Waals surface area (Å²) in [5.74, 6) is -4.61. The Bertz CT molecular complexity index is 4790. The molecule has 0 radical (unpaired) electrons. The first-order valence-electron chi connectivity index (χ1n) is 29.7. The van der Waals surface area contributed by atoms with Crippen molar-refractivity contribution in [2.75, 3.05) is 9.80 Å². The Morgan fingerprint density at radius 1 is 0.326 bits per heavy atom. The standard InChI is InChI=1S/C82H59F5N2/c1-7-54-21-29-58(30-22-54)81(72-43-50(3)17-19-52(72)5)70-15-11-9-13-66(70)68-40-38-64(48-74(68)81)88(79-42-33-60(83)45-76(79)85)62-34-25-56(26-35-62)57-27-36-63(37-28-57)89(80-77(86)46-61(84)47-78(80)87)65-39-41-69-67-14-10-12-16-71(67)82(75(69)49-65,59-31-23-55(8-2)24-32-59)73-44-51(4)18-20-53(73)6/h7-49H,1-2H2,3-6H3. The van der Waals surface area contributed by atoms with Crippen molar-refractivity contribution >= 4 is 46.3 Å². The van der Waals surface area contributed by atoms with Crippen molar-refractivity contribution in [3.05, 3.63) is 369 Å². The second-order valence-electron chi connectivity index (χ2n) is 23.4. The monoisotopic (exact) mass is 1170 g/mol. The first kappa shape index (κ1) is 56.2. The van der Waals surface area contributed by atoms with Crippen LogP contribution in [0, 0.1) is 56.8 Å². The molecule has 2 aliphatic carbocycles. The molecule has 432 valence electrons. The molecule has 2 unspecified atom stereocenters. The molecule has 0 aliphatic heterocycles. The molecule has 7 heteroatoms. The van der Waals surface area contributed by atoms with Crippen LogP contribution in [0.4, 0.5) is 56.1 Å². The highest BCUT2D eigenvalue weighted by Gasteiger charge is 2.49. The molecule has 0 aromatic heterocycles. The minimum absolute atomic E-state index is 0.152. The molecule has 0 fully saturated rings. The van der Waals surface area contributed by atoms with Crippen molar-refractivity contribution < 1.29 is 22.0 Å². The third kappa shape index (κ3) is 9.05. The van der Waals surface area contributed by atoms with E-state index in [2.05, 4.69) is 174 Å². The molecule has 0 saturated carbocycles. The molecule has 2 nitrogen and oxygen atoms in total. The Labute approximate surface area is 516 Å². The minimum atomic E-state index is -1.07. The smallest absolute Gasteiger partial charge is 0.153 e. The molecule has 2 aliphatic rings. The number of aryl methyl sites for hydroxylation is 4. The molecule has 0 amide bonds. The zero-order chi connectivity index (χ0) is 61.5. The van der Waals surface area contributed by atoms with Crippen LogP contribution >= 0.6 is 0 Å². The van der Waals surface area contributed by atoms with Gasteiger partial charge in [0.25, 0.3) is 0 Å². The van der Waals surface area contributed by atoms with Crippen LogP contribution in [-0.4, -0.2) is 0 Å². The van der Waals surface area contributed by atoms with Gasteiger partial charge in [0.05, 0.1) is 16.5 Å². The van der Waals surface area contributed by atoms with E-state index in [1.165, 1.54) is 17.0 Å². The summed E-state index contributed by atoms with van der Waals surface area (Å²) in [4.78, 5) is 3.34. The zero-order valence-electron chi connectivity index (χ0n) is 49.5. The summed E-state index contributed by atoms with van der Waals surface area (Å²) in [5, 5.41) is 0. The average molecular weight is 1170 g/mol. The lowest BCUT2D eigenvalue weighted by atomic mass is 9.66. The lowest BCUT2D eigenvalue weighted by Crippen LogP contribution is -2.30. The Hall–Kier alpha value is -10.6. The molecule has 12 aromatic rings. The molecule has 12 aromatic carbocycles. The van der Waals surface area contributed by atoms with Gasteiger partial charge in [0.1, 0.15) is 23.1 Å². The van der Waals surface area contributed by atoms with E-state index in [9.17, 15) is 8.78 Å². The van der Waals surface area contributed by atoms with Crippen LogP contribution in [0.25, 0.3) is 45.5 Å². The number of hydrogen-bond acceptors (Lipinski definition) is 2. The summed E-state index contributed by atoms with van der Waals surface area (Å²) < 4.78 is 79.6. The molecule has 0 bridgehead atoms. The summed E-state index contributed by atoms with van der Waals surface area (Å²) in [5.41, 5.74) is 20.6. The highest BCUT2D eigenvalue weighted by molar-refractivity contribution is 5.92. The van der Waals surface area contributed by atoms with Crippen molar-refractivity contribution in [2.24, 2.45) is 0 Å². The quantitative estimate of drug-likeness (QED) is 0.106. The van der Waals surface area contributed by atoms with Crippen LogP contribution in [-0.2, 0) is 10.8 Å². The molecule has 0 heterocycles. The molecule has 14 rings (SSSR count). The lowest BCUT2D eigenvalue weighted by molar-refractivity contribution is 0.545. The molecule has 0 N–H and O–H groups in total. The van der Waals surface area contributed by atoms with Gasteiger partial charge in [-0.15, -0.1) is 0 Å².